The summed E-state index contributed by atoms with van der Waals surface area (Å²) in [7, 11) is 0. The zero-order valence-corrected chi connectivity index (χ0v) is 15.1. The molecule has 0 amide bonds. The van der Waals surface area contributed by atoms with Crippen LogP contribution in [0.1, 0.15) is 18.4 Å². The first kappa shape index (κ1) is 17.2. The van der Waals surface area contributed by atoms with Crippen LogP contribution in [0.2, 0.25) is 0 Å². The Morgan fingerprint density at radius 3 is 2.56 bits per heavy atom. The average molecular weight is 355 g/mol. The SMILES string of the molecule is O=c1c(-c2cccnc2)cc2cccnc2n1CCCCc1ccccc1. The number of benzene rings is 1. The number of aryl methyl sites for hydroxylation is 2. The summed E-state index contributed by atoms with van der Waals surface area (Å²) in [5, 5.41) is 0.971. The number of hydrogen-bond acceptors (Lipinski definition) is 3. The minimum absolute atomic E-state index is 0.00564. The highest BCUT2D eigenvalue weighted by Gasteiger charge is 2.11. The molecule has 0 aliphatic heterocycles. The molecule has 0 N–H and O–H groups in total. The second-order valence-corrected chi connectivity index (χ2v) is 6.62. The molecular formula is C23H21N3O. The van der Waals surface area contributed by atoms with Crippen molar-refractivity contribution in [3.05, 3.63) is 95.2 Å². The van der Waals surface area contributed by atoms with E-state index in [0.29, 0.717) is 12.1 Å². The predicted molar refractivity (Wildman–Crippen MR) is 109 cm³/mol. The van der Waals surface area contributed by atoms with Gasteiger partial charge in [-0.3, -0.25) is 14.3 Å². The van der Waals surface area contributed by atoms with E-state index in [-0.39, 0.29) is 5.56 Å². The van der Waals surface area contributed by atoms with Crippen molar-refractivity contribution in [3.63, 3.8) is 0 Å². The summed E-state index contributed by atoms with van der Waals surface area (Å²) in [6.45, 7) is 0.660. The van der Waals surface area contributed by atoms with Gasteiger partial charge in [-0.2, -0.15) is 0 Å². The first-order valence-electron chi connectivity index (χ1n) is 9.26. The fourth-order valence-electron chi connectivity index (χ4n) is 3.39. The Hall–Kier alpha value is -3.27. The van der Waals surface area contributed by atoms with E-state index in [2.05, 4.69) is 34.2 Å². The molecule has 0 aliphatic carbocycles. The Balaban J connectivity index is 1.62. The van der Waals surface area contributed by atoms with Gasteiger partial charge in [-0.05, 0) is 49.1 Å². The molecular weight excluding hydrogens is 334 g/mol. The van der Waals surface area contributed by atoms with Crippen LogP contribution in [0.3, 0.4) is 0 Å². The summed E-state index contributed by atoms with van der Waals surface area (Å²) in [6, 6.07) is 20.0. The number of pyridine rings is 3. The quantitative estimate of drug-likeness (QED) is 0.479. The second-order valence-electron chi connectivity index (χ2n) is 6.62. The molecule has 4 nitrogen and oxygen atoms in total. The van der Waals surface area contributed by atoms with Crippen molar-refractivity contribution in [1.82, 2.24) is 14.5 Å². The maximum Gasteiger partial charge on any atom is 0.260 e. The zero-order valence-electron chi connectivity index (χ0n) is 15.1. The summed E-state index contributed by atoms with van der Waals surface area (Å²) in [6.07, 6.45) is 8.17. The van der Waals surface area contributed by atoms with Crippen molar-refractivity contribution >= 4 is 11.0 Å². The molecule has 0 aliphatic rings. The van der Waals surface area contributed by atoms with Crippen LogP contribution in [0.25, 0.3) is 22.2 Å². The monoisotopic (exact) mass is 355 g/mol. The highest BCUT2D eigenvalue weighted by atomic mass is 16.1. The molecule has 0 radical (unpaired) electrons. The topological polar surface area (TPSA) is 47.8 Å². The first-order valence-corrected chi connectivity index (χ1v) is 9.26. The van der Waals surface area contributed by atoms with Gasteiger partial charge in [0, 0.05) is 41.6 Å². The largest absolute Gasteiger partial charge is 0.292 e. The maximum atomic E-state index is 13.1. The molecule has 4 rings (SSSR count). The van der Waals surface area contributed by atoms with Gasteiger partial charge in [-0.25, -0.2) is 4.98 Å². The average Bonchev–Trinajstić information content (AvgIpc) is 2.73. The minimum atomic E-state index is -0.00564. The van der Waals surface area contributed by atoms with E-state index < -0.39 is 0 Å². The summed E-state index contributed by atoms with van der Waals surface area (Å²) < 4.78 is 1.81. The molecule has 0 atom stereocenters. The molecule has 1 aromatic carbocycles. The van der Waals surface area contributed by atoms with Crippen LogP contribution in [-0.4, -0.2) is 14.5 Å². The molecule has 0 saturated carbocycles. The van der Waals surface area contributed by atoms with Crippen LogP contribution < -0.4 is 5.56 Å². The number of unbranched alkanes of at least 4 members (excludes halogenated alkanes) is 1. The normalized spacial score (nSPS) is 11.0. The molecule has 4 aromatic rings. The van der Waals surface area contributed by atoms with Crippen LogP contribution in [0.15, 0.2) is 84.0 Å². The highest BCUT2D eigenvalue weighted by Crippen LogP contribution is 2.19. The fourth-order valence-corrected chi connectivity index (χ4v) is 3.39. The molecule has 134 valence electrons. The molecule has 27 heavy (non-hydrogen) atoms. The van der Waals surface area contributed by atoms with Crippen molar-refractivity contribution in [2.24, 2.45) is 0 Å². The van der Waals surface area contributed by atoms with Crippen molar-refractivity contribution in [1.29, 1.82) is 0 Å². The number of fused-ring (bicyclic) bond motifs is 1. The predicted octanol–water partition coefficient (Wildman–Crippen LogP) is 4.48. The van der Waals surface area contributed by atoms with Gasteiger partial charge in [0.1, 0.15) is 5.65 Å². The van der Waals surface area contributed by atoms with Gasteiger partial charge in [0.25, 0.3) is 5.56 Å². The number of aromatic nitrogens is 3. The van der Waals surface area contributed by atoms with Gasteiger partial charge in [-0.1, -0.05) is 36.4 Å². The maximum absolute atomic E-state index is 13.1. The van der Waals surface area contributed by atoms with E-state index in [9.17, 15) is 4.79 Å². The zero-order chi connectivity index (χ0) is 18.5. The summed E-state index contributed by atoms with van der Waals surface area (Å²) in [5.41, 5.74) is 3.58. The molecule has 3 aromatic heterocycles. The first-order chi connectivity index (χ1) is 13.3. The van der Waals surface area contributed by atoms with Crippen molar-refractivity contribution < 1.29 is 0 Å². The smallest absolute Gasteiger partial charge is 0.260 e. The molecule has 0 saturated heterocycles. The van der Waals surface area contributed by atoms with E-state index >= 15 is 0 Å². The van der Waals surface area contributed by atoms with E-state index in [1.54, 1.807) is 18.6 Å². The molecule has 4 heteroatoms. The van der Waals surface area contributed by atoms with Crippen LogP contribution in [-0.2, 0) is 13.0 Å². The van der Waals surface area contributed by atoms with Gasteiger partial charge >= 0.3 is 0 Å². The lowest BCUT2D eigenvalue weighted by Crippen LogP contribution is -2.23. The third-order valence-electron chi connectivity index (χ3n) is 4.76. The van der Waals surface area contributed by atoms with Crippen LogP contribution >= 0.6 is 0 Å². The van der Waals surface area contributed by atoms with Crippen molar-refractivity contribution in [2.45, 2.75) is 25.8 Å². The molecule has 0 unspecified atom stereocenters. The number of rotatable bonds is 6. The Bertz CT molecular complexity index is 1090. The molecule has 3 heterocycles. The minimum Gasteiger partial charge on any atom is -0.292 e. The standard InChI is InChI=1S/C23H21N3O/c27-23-21(20-12-6-13-24-17-20)16-19-11-7-14-25-22(19)26(23)15-5-4-10-18-8-2-1-3-9-18/h1-3,6-9,11-14,16-17H,4-5,10,15H2. The van der Waals surface area contributed by atoms with E-state index in [1.165, 1.54) is 5.56 Å². The molecule has 0 bridgehead atoms. The fraction of sp³-hybridized carbons (Fsp3) is 0.174. The van der Waals surface area contributed by atoms with Crippen LogP contribution in [0, 0.1) is 0 Å². The van der Waals surface area contributed by atoms with Gasteiger partial charge in [0.2, 0.25) is 0 Å². The van der Waals surface area contributed by atoms with Gasteiger partial charge in [-0.15, -0.1) is 0 Å². The number of nitrogens with zero attached hydrogens (tertiary/aromatic N) is 3. The lowest BCUT2D eigenvalue weighted by molar-refractivity contribution is 0.606. The lowest BCUT2D eigenvalue weighted by atomic mass is 10.1. The van der Waals surface area contributed by atoms with Gasteiger partial charge < -0.3 is 0 Å². The van der Waals surface area contributed by atoms with Crippen LogP contribution in [0.4, 0.5) is 0 Å². The van der Waals surface area contributed by atoms with E-state index in [0.717, 1.165) is 35.9 Å². The third-order valence-corrected chi connectivity index (χ3v) is 4.76. The highest BCUT2D eigenvalue weighted by molar-refractivity contribution is 5.81. The molecule has 0 spiro atoms. The van der Waals surface area contributed by atoms with E-state index in [1.807, 2.05) is 41.0 Å². The Morgan fingerprint density at radius 2 is 1.74 bits per heavy atom. The molecule has 0 fully saturated rings. The van der Waals surface area contributed by atoms with Gasteiger partial charge in [0.15, 0.2) is 0 Å². The van der Waals surface area contributed by atoms with Crippen molar-refractivity contribution in [3.8, 4) is 11.1 Å². The summed E-state index contributed by atoms with van der Waals surface area (Å²) in [4.78, 5) is 21.8. The number of hydrogen-bond donors (Lipinski definition) is 0. The third kappa shape index (κ3) is 3.80. The Labute approximate surface area is 158 Å². The lowest BCUT2D eigenvalue weighted by Gasteiger charge is -2.12. The Morgan fingerprint density at radius 1 is 0.889 bits per heavy atom. The second kappa shape index (κ2) is 7.96. The van der Waals surface area contributed by atoms with Gasteiger partial charge in [0.05, 0.1) is 0 Å². The summed E-state index contributed by atoms with van der Waals surface area (Å²) >= 11 is 0. The van der Waals surface area contributed by atoms with Crippen molar-refractivity contribution in [2.75, 3.05) is 0 Å². The van der Waals surface area contributed by atoms with E-state index in [4.69, 9.17) is 0 Å². The Kier molecular flexibility index (Phi) is 5.06. The summed E-state index contributed by atoms with van der Waals surface area (Å²) in [5.74, 6) is 0. The van der Waals surface area contributed by atoms with Crippen LogP contribution in [0.5, 0.6) is 0 Å².